The van der Waals surface area contributed by atoms with Gasteiger partial charge in [0.1, 0.15) is 5.75 Å². The third kappa shape index (κ3) is 6.95. The van der Waals surface area contributed by atoms with Crippen LogP contribution in [-0.2, 0) is 11.3 Å². The number of rotatable bonds is 9. The summed E-state index contributed by atoms with van der Waals surface area (Å²) in [4.78, 5) is 0. The Labute approximate surface area is 124 Å². The van der Waals surface area contributed by atoms with Gasteiger partial charge in [0, 0.05) is 30.2 Å². The predicted molar refractivity (Wildman–Crippen MR) is 82.7 cm³/mol. The lowest BCUT2D eigenvalue weighted by Crippen LogP contribution is -2.19. The van der Waals surface area contributed by atoms with Crippen molar-refractivity contribution in [1.29, 1.82) is 0 Å². The molecule has 0 aliphatic rings. The van der Waals surface area contributed by atoms with Gasteiger partial charge in [0.05, 0.1) is 13.2 Å². The van der Waals surface area contributed by atoms with Crippen LogP contribution < -0.4 is 10.1 Å². The SMILES string of the molecule is COCCNCc1cc(Br)ccc1OCCC(C)C. The van der Waals surface area contributed by atoms with Crippen LogP contribution in [-0.4, -0.2) is 26.9 Å². The van der Waals surface area contributed by atoms with E-state index in [4.69, 9.17) is 9.47 Å². The first kappa shape index (κ1) is 16.5. The van der Waals surface area contributed by atoms with E-state index in [1.807, 2.05) is 12.1 Å². The molecular weight excluding hydrogens is 306 g/mol. The second-order valence-electron chi connectivity index (χ2n) is 4.95. The zero-order valence-electron chi connectivity index (χ0n) is 12.0. The second-order valence-corrected chi connectivity index (χ2v) is 5.87. The molecule has 0 atom stereocenters. The van der Waals surface area contributed by atoms with Crippen LogP contribution in [0.3, 0.4) is 0 Å². The van der Waals surface area contributed by atoms with Crippen LogP contribution in [0.1, 0.15) is 25.8 Å². The Morgan fingerprint density at radius 2 is 2.05 bits per heavy atom. The number of nitrogens with one attached hydrogen (secondary N) is 1. The fourth-order valence-corrected chi connectivity index (χ4v) is 2.04. The van der Waals surface area contributed by atoms with Crippen molar-refractivity contribution in [2.24, 2.45) is 5.92 Å². The molecule has 0 saturated carbocycles. The summed E-state index contributed by atoms with van der Waals surface area (Å²) in [5, 5.41) is 3.34. The molecule has 0 amide bonds. The van der Waals surface area contributed by atoms with E-state index in [9.17, 15) is 0 Å². The number of halogens is 1. The summed E-state index contributed by atoms with van der Waals surface area (Å²) >= 11 is 3.50. The molecular formula is C15H24BrNO2. The summed E-state index contributed by atoms with van der Waals surface area (Å²) in [5.74, 6) is 1.63. The lowest BCUT2D eigenvalue weighted by Gasteiger charge is -2.13. The highest BCUT2D eigenvalue weighted by Crippen LogP contribution is 2.23. The van der Waals surface area contributed by atoms with Crippen molar-refractivity contribution < 1.29 is 9.47 Å². The van der Waals surface area contributed by atoms with Gasteiger partial charge in [0.15, 0.2) is 0 Å². The molecule has 19 heavy (non-hydrogen) atoms. The van der Waals surface area contributed by atoms with E-state index in [-0.39, 0.29) is 0 Å². The van der Waals surface area contributed by atoms with Crippen LogP contribution in [0.25, 0.3) is 0 Å². The molecule has 0 saturated heterocycles. The Balaban J connectivity index is 2.53. The summed E-state index contributed by atoms with van der Waals surface area (Å²) in [6.45, 7) is 7.53. The van der Waals surface area contributed by atoms with Gasteiger partial charge in [-0.3, -0.25) is 0 Å². The minimum absolute atomic E-state index is 0.665. The molecule has 1 aromatic carbocycles. The van der Waals surface area contributed by atoms with Crippen molar-refractivity contribution in [2.75, 3.05) is 26.9 Å². The van der Waals surface area contributed by atoms with Crippen molar-refractivity contribution in [2.45, 2.75) is 26.8 Å². The largest absolute Gasteiger partial charge is 0.493 e. The van der Waals surface area contributed by atoms with Crippen molar-refractivity contribution >= 4 is 15.9 Å². The van der Waals surface area contributed by atoms with Gasteiger partial charge in [0.25, 0.3) is 0 Å². The zero-order chi connectivity index (χ0) is 14.1. The summed E-state index contributed by atoms with van der Waals surface area (Å²) < 4.78 is 12.0. The van der Waals surface area contributed by atoms with Crippen molar-refractivity contribution in [3.63, 3.8) is 0 Å². The maximum absolute atomic E-state index is 5.87. The molecule has 4 heteroatoms. The van der Waals surface area contributed by atoms with E-state index in [0.29, 0.717) is 5.92 Å². The van der Waals surface area contributed by atoms with Gasteiger partial charge < -0.3 is 14.8 Å². The smallest absolute Gasteiger partial charge is 0.123 e. The van der Waals surface area contributed by atoms with E-state index in [1.54, 1.807) is 7.11 Å². The standard InChI is InChI=1S/C15H24BrNO2/c1-12(2)6-8-19-15-5-4-14(16)10-13(15)11-17-7-9-18-3/h4-5,10,12,17H,6-9,11H2,1-3H3. The van der Waals surface area contributed by atoms with Gasteiger partial charge >= 0.3 is 0 Å². The predicted octanol–water partition coefficient (Wildman–Crippen LogP) is 3.61. The van der Waals surface area contributed by atoms with Crippen LogP contribution in [0.2, 0.25) is 0 Å². The molecule has 0 spiro atoms. The summed E-state index contributed by atoms with van der Waals surface area (Å²) in [5.41, 5.74) is 1.18. The van der Waals surface area contributed by atoms with Gasteiger partial charge in [0.2, 0.25) is 0 Å². The molecule has 0 bridgehead atoms. The van der Waals surface area contributed by atoms with E-state index < -0.39 is 0 Å². The third-order valence-corrected chi connectivity index (χ3v) is 3.27. The van der Waals surface area contributed by atoms with Gasteiger partial charge in [-0.15, -0.1) is 0 Å². The fourth-order valence-electron chi connectivity index (χ4n) is 1.63. The van der Waals surface area contributed by atoms with Crippen LogP contribution in [0.4, 0.5) is 0 Å². The molecule has 1 aromatic rings. The van der Waals surface area contributed by atoms with Crippen LogP contribution in [0.15, 0.2) is 22.7 Å². The van der Waals surface area contributed by atoms with Crippen LogP contribution >= 0.6 is 15.9 Å². The highest BCUT2D eigenvalue weighted by Gasteiger charge is 2.05. The summed E-state index contributed by atoms with van der Waals surface area (Å²) in [6, 6.07) is 6.14. The van der Waals surface area contributed by atoms with E-state index in [1.165, 1.54) is 5.56 Å². The Kier molecular flexibility index (Phi) is 8.10. The number of hydrogen-bond acceptors (Lipinski definition) is 3. The molecule has 1 N–H and O–H groups in total. The molecule has 0 fully saturated rings. The lowest BCUT2D eigenvalue weighted by atomic mass is 10.1. The lowest BCUT2D eigenvalue weighted by molar-refractivity contribution is 0.199. The third-order valence-electron chi connectivity index (χ3n) is 2.77. The maximum Gasteiger partial charge on any atom is 0.123 e. The highest BCUT2D eigenvalue weighted by atomic mass is 79.9. The highest BCUT2D eigenvalue weighted by molar-refractivity contribution is 9.10. The first-order valence-electron chi connectivity index (χ1n) is 6.74. The molecule has 108 valence electrons. The second kappa shape index (κ2) is 9.34. The van der Waals surface area contributed by atoms with Crippen molar-refractivity contribution in [3.8, 4) is 5.75 Å². The Morgan fingerprint density at radius 1 is 1.26 bits per heavy atom. The molecule has 0 radical (unpaired) electrons. The van der Waals surface area contributed by atoms with Crippen LogP contribution in [0.5, 0.6) is 5.75 Å². The van der Waals surface area contributed by atoms with E-state index in [2.05, 4.69) is 41.2 Å². The van der Waals surface area contributed by atoms with Crippen molar-refractivity contribution in [1.82, 2.24) is 5.32 Å². The number of benzene rings is 1. The first-order valence-corrected chi connectivity index (χ1v) is 7.53. The number of ether oxygens (including phenoxy) is 2. The van der Waals surface area contributed by atoms with E-state index >= 15 is 0 Å². The van der Waals surface area contributed by atoms with Gasteiger partial charge in [-0.1, -0.05) is 29.8 Å². The number of hydrogen-bond donors (Lipinski definition) is 1. The Morgan fingerprint density at radius 3 is 2.74 bits per heavy atom. The minimum Gasteiger partial charge on any atom is -0.493 e. The molecule has 0 heterocycles. The normalized spacial score (nSPS) is 11.0. The van der Waals surface area contributed by atoms with Gasteiger partial charge in [-0.25, -0.2) is 0 Å². The molecule has 1 rings (SSSR count). The quantitative estimate of drug-likeness (QED) is 0.702. The fraction of sp³-hybridized carbons (Fsp3) is 0.600. The molecule has 0 aliphatic heterocycles. The zero-order valence-corrected chi connectivity index (χ0v) is 13.6. The molecule has 3 nitrogen and oxygen atoms in total. The topological polar surface area (TPSA) is 30.5 Å². The maximum atomic E-state index is 5.87. The van der Waals surface area contributed by atoms with Gasteiger partial charge in [-0.05, 0) is 30.5 Å². The first-order chi connectivity index (χ1) is 9.13. The molecule has 0 unspecified atom stereocenters. The average molecular weight is 330 g/mol. The molecule has 0 aromatic heterocycles. The Hall–Kier alpha value is -0.580. The van der Waals surface area contributed by atoms with Gasteiger partial charge in [-0.2, -0.15) is 0 Å². The average Bonchev–Trinajstić information content (AvgIpc) is 2.36. The van der Waals surface area contributed by atoms with E-state index in [0.717, 1.165) is 42.9 Å². The Bertz CT molecular complexity index is 369. The van der Waals surface area contributed by atoms with Crippen molar-refractivity contribution in [3.05, 3.63) is 28.2 Å². The summed E-state index contributed by atoms with van der Waals surface area (Å²) in [7, 11) is 1.71. The monoisotopic (exact) mass is 329 g/mol. The number of methoxy groups -OCH3 is 1. The van der Waals surface area contributed by atoms with Crippen LogP contribution in [0, 0.1) is 5.92 Å². The minimum atomic E-state index is 0.665. The summed E-state index contributed by atoms with van der Waals surface area (Å²) in [6.07, 6.45) is 1.08. The molecule has 0 aliphatic carbocycles.